The number of carbonyl (C=O) groups excluding carboxylic acids is 1. The van der Waals surface area contributed by atoms with Gasteiger partial charge in [-0.15, -0.1) is 10.2 Å². The molecule has 0 atom stereocenters. The molecule has 154 valence electrons. The van der Waals surface area contributed by atoms with Crippen LogP contribution in [-0.2, 0) is 18.4 Å². The molecule has 9 heteroatoms. The van der Waals surface area contributed by atoms with Crippen LogP contribution in [0.4, 0.5) is 5.82 Å². The Labute approximate surface area is 178 Å². The summed E-state index contributed by atoms with van der Waals surface area (Å²) < 4.78 is 9.11. The molecule has 0 saturated carbocycles. The Morgan fingerprint density at radius 2 is 1.97 bits per heavy atom. The van der Waals surface area contributed by atoms with Gasteiger partial charge in [-0.1, -0.05) is 42.1 Å². The highest BCUT2D eigenvalue weighted by atomic mass is 32.2. The molecule has 0 bridgehead atoms. The van der Waals surface area contributed by atoms with Gasteiger partial charge in [0.05, 0.1) is 29.8 Å². The average molecular weight is 423 g/mol. The van der Waals surface area contributed by atoms with E-state index in [0.717, 1.165) is 28.4 Å². The predicted octanol–water partition coefficient (Wildman–Crippen LogP) is 3.67. The van der Waals surface area contributed by atoms with Crippen LogP contribution in [0.1, 0.15) is 17.0 Å². The molecule has 3 heterocycles. The maximum atomic E-state index is 12.5. The average Bonchev–Trinajstić information content (AvgIpc) is 3.40. The fraction of sp³-hybridized carbons (Fsp3) is 0.238. The molecule has 4 rings (SSSR count). The van der Waals surface area contributed by atoms with Crippen molar-refractivity contribution in [1.82, 2.24) is 24.5 Å². The minimum Gasteiger partial charge on any atom is -0.469 e. The fourth-order valence-corrected chi connectivity index (χ4v) is 3.89. The van der Waals surface area contributed by atoms with Crippen molar-refractivity contribution in [2.24, 2.45) is 7.05 Å². The Bertz CT molecular complexity index is 1160. The lowest BCUT2D eigenvalue weighted by atomic mass is 10.2. The number of nitrogens with zero attached hydrogens (tertiary/aromatic N) is 5. The van der Waals surface area contributed by atoms with Crippen molar-refractivity contribution >= 4 is 23.5 Å². The predicted molar refractivity (Wildman–Crippen MR) is 115 cm³/mol. The van der Waals surface area contributed by atoms with Gasteiger partial charge in [-0.05, 0) is 25.5 Å². The molecule has 1 aromatic carbocycles. The summed E-state index contributed by atoms with van der Waals surface area (Å²) in [4.78, 5) is 12.5. The first-order valence-electron chi connectivity index (χ1n) is 9.46. The number of benzene rings is 1. The molecule has 1 amide bonds. The molecule has 1 N–H and O–H groups in total. The van der Waals surface area contributed by atoms with E-state index in [9.17, 15) is 4.79 Å². The minimum absolute atomic E-state index is 0.127. The van der Waals surface area contributed by atoms with Gasteiger partial charge in [0, 0.05) is 13.1 Å². The van der Waals surface area contributed by atoms with E-state index in [0.29, 0.717) is 17.5 Å². The highest BCUT2D eigenvalue weighted by molar-refractivity contribution is 7.99. The van der Waals surface area contributed by atoms with Crippen LogP contribution in [0.3, 0.4) is 0 Å². The third-order valence-corrected chi connectivity index (χ3v) is 5.57. The Kier molecular flexibility index (Phi) is 5.71. The molecule has 0 aliphatic rings. The topological polar surface area (TPSA) is 90.8 Å². The Hall–Kier alpha value is -3.33. The van der Waals surface area contributed by atoms with Gasteiger partial charge in [-0.3, -0.25) is 14.0 Å². The number of amides is 1. The second-order valence-electron chi connectivity index (χ2n) is 6.90. The number of hydrogen-bond donors (Lipinski definition) is 1. The van der Waals surface area contributed by atoms with E-state index in [1.165, 1.54) is 11.8 Å². The van der Waals surface area contributed by atoms with Gasteiger partial charge in [0.15, 0.2) is 11.0 Å². The van der Waals surface area contributed by atoms with E-state index in [1.807, 2.05) is 48.7 Å². The van der Waals surface area contributed by atoms with Crippen molar-refractivity contribution in [2.45, 2.75) is 25.5 Å². The van der Waals surface area contributed by atoms with Gasteiger partial charge >= 0.3 is 0 Å². The fourth-order valence-electron chi connectivity index (χ4n) is 3.16. The van der Waals surface area contributed by atoms with E-state index >= 15 is 0 Å². The third-order valence-electron chi connectivity index (χ3n) is 4.60. The van der Waals surface area contributed by atoms with Gasteiger partial charge in [0.25, 0.3) is 0 Å². The summed E-state index contributed by atoms with van der Waals surface area (Å²) in [6.45, 7) is 4.38. The maximum Gasteiger partial charge on any atom is 0.235 e. The number of carbonyl (C=O) groups is 1. The van der Waals surface area contributed by atoms with Gasteiger partial charge in [0.1, 0.15) is 11.6 Å². The first kappa shape index (κ1) is 20.0. The quantitative estimate of drug-likeness (QED) is 0.457. The summed E-state index contributed by atoms with van der Waals surface area (Å²) in [6, 6.07) is 13.8. The van der Waals surface area contributed by atoms with Crippen LogP contribution in [0.5, 0.6) is 0 Å². The van der Waals surface area contributed by atoms with Crippen molar-refractivity contribution in [3.63, 3.8) is 0 Å². The van der Waals surface area contributed by atoms with E-state index in [-0.39, 0.29) is 11.7 Å². The highest BCUT2D eigenvalue weighted by Gasteiger charge is 2.19. The summed E-state index contributed by atoms with van der Waals surface area (Å²) in [5.41, 5.74) is 2.86. The van der Waals surface area contributed by atoms with Crippen molar-refractivity contribution in [3.8, 4) is 11.4 Å². The van der Waals surface area contributed by atoms with Gasteiger partial charge in [0.2, 0.25) is 5.91 Å². The number of rotatable bonds is 7. The smallest absolute Gasteiger partial charge is 0.235 e. The van der Waals surface area contributed by atoms with Gasteiger partial charge in [-0.2, -0.15) is 5.10 Å². The summed E-state index contributed by atoms with van der Waals surface area (Å²) in [7, 11) is 1.80. The molecule has 0 aliphatic carbocycles. The summed E-state index contributed by atoms with van der Waals surface area (Å²) >= 11 is 1.35. The zero-order chi connectivity index (χ0) is 21.1. The number of hydrogen-bond acceptors (Lipinski definition) is 6. The van der Waals surface area contributed by atoms with Crippen LogP contribution in [-0.4, -0.2) is 36.2 Å². The Morgan fingerprint density at radius 1 is 1.17 bits per heavy atom. The number of anilines is 1. The van der Waals surface area contributed by atoms with Crippen LogP contribution in [0.25, 0.3) is 11.4 Å². The summed E-state index contributed by atoms with van der Waals surface area (Å²) in [5, 5.41) is 16.5. The Morgan fingerprint density at radius 3 is 2.63 bits per heavy atom. The lowest BCUT2D eigenvalue weighted by molar-refractivity contribution is -0.113. The summed E-state index contributed by atoms with van der Waals surface area (Å²) in [5.74, 6) is 2.24. The molecular weight excluding hydrogens is 400 g/mol. The molecule has 8 nitrogen and oxygen atoms in total. The molecule has 30 heavy (non-hydrogen) atoms. The van der Waals surface area contributed by atoms with Crippen LogP contribution in [0.2, 0.25) is 0 Å². The third kappa shape index (κ3) is 4.30. The number of furan rings is 1. The molecule has 3 aromatic heterocycles. The first-order chi connectivity index (χ1) is 14.5. The van der Waals surface area contributed by atoms with Crippen molar-refractivity contribution in [1.29, 1.82) is 0 Å². The number of aryl methyl sites for hydroxylation is 3. The number of aromatic nitrogens is 5. The van der Waals surface area contributed by atoms with E-state index < -0.39 is 0 Å². The molecule has 0 saturated heterocycles. The first-order valence-corrected chi connectivity index (χ1v) is 10.4. The zero-order valence-corrected chi connectivity index (χ0v) is 17.8. The maximum absolute atomic E-state index is 12.5. The molecule has 0 unspecified atom stereocenters. The molecule has 0 radical (unpaired) electrons. The van der Waals surface area contributed by atoms with E-state index in [4.69, 9.17) is 4.42 Å². The number of nitrogens with one attached hydrogen (secondary N) is 1. The van der Waals surface area contributed by atoms with Gasteiger partial charge < -0.3 is 9.73 Å². The lowest BCUT2D eigenvalue weighted by Gasteiger charge is -2.10. The standard InChI is InChI=1S/C21H22N6O2S/c1-14-11-18(26(3)25-14)22-19(28)13-30-21-24-23-20(17-9-10-29-15(17)2)27(21)12-16-7-5-4-6-8-16/h4-11H,12-13H2,1-3H3,(H,22,28). The zero-order valence-electron chi connectivity index (χ0n) is 17.0. The van der Waals surface area contributed by atoms with Crippen LogP contribution >= 0.6 is 11.8 Å². The summed E-state index contributed by atoms with van der Waals surface area (Å²) in [6.07, 6.45) is 1.64. The monoisotopic (exact) mass is 422 g/mol. The Balaban J connectivity index is 1.55. The van der Waals surface area contributed by atoms with E-state index in [1.54, 1.807) is 18.0 Å². The van der Waals surface area contributed by atoms with E-state index in [2.05, 4.69) is 32.7 Å². The normalized spacial score (nSPS) is 11.0. The van der Waals surface area contributed by atoms with Crippen molar-refractivity contribution < 1.29 is 9.21 Å². The van der Waals surface area contributed by atoms with Crippen molar-refractivity contribution in [3.05, 3.63) is 65.7 Å². The molecule has 4 aromatic rings. The lowest BCUT2D eigenvalue weighted by Crippen LogP contribution is -2.17. The van der Waals surface area contributed by atoms with Gasteiger partial charge in [-0.25, -0.2) is 0 Å². The largest absolute Gasteiger partial charge is 0.469 e. The van der Waals surface area contributed by atoms with Crippen LogP contribution in [0, 0.1) is 13.8 Å². The van der Waals surface area contributed by atoms with Crippen molar-refractivity contribution in [2.75, 3.05) is 11.1 Å². The minimum atomic E-state index is -0.127. The highest BCUT2D eigenvalue weighted by Crippen LogP contribution is 2.28. The molecule has 0 fully saturated rings. The molecule has 0 spiro atoms. The number of thioether (sulfide) groups is 1. The second-order valence-corrected chi connectivity index (χ2v) is 7.84. The molecular formula is C21H22N6O2S. The molecule has 0 aliphatic heterocycles. The van der Waals surface area contributed by atoms with Crippen LogP contribution in [0.15, 0.2) is 58.3 Å². The van der Waals surface area contributed by atoms with Crippen LogP contribution < -0.4 is 5.32 Å². The second kappa shape index (κ2) is 8.58. The SMILES string of the molecule is Cc1cc(NC(=O)CSc2nnc(-c3ccoc3C)n2Cc2ccccc2)n(C)n1.